The van der Waals surface area contributed by atoms with E-state index in [2.05, 4.69) is 5.32 Å². The van der Waals surface area contributed by atoms with Crippen LogP contribution in [0.5, 0.6) is 0 Å². The van der Waals surface area contributed by atoms with Crippen molar-refractivity contribution in [3.63, 3.8) is 0 Å². The molecular weight excluding hydrogens is 489 g/mol. The molecule has 0 unspecified atom stereocenters. The summed E-state index contributed by atoms with van der Waals surface area (Å²) in [5.74, 6) is -1.04. The zero-order valence-corrected chi connectivity index (χ0v) is 21.1. The molecule has 0 saturated carbocycles. The second-order valence-electron chi connectivity index (χ2n) is 7.91. The zero-order chi connectivity index (χ0) is 25.5. The van der Waals surface area contributed by atoms with Gasteiger partial charge in [-0.1, -0.05) is 41.4 Å². The summed E-state index contributed by atoms with van der Waals surface area (Å²) in [5, 5.41) is 12.7. The number of amides is 1. The highest BCUT2D eigenvalue weighted by molar-refractivity contribution is 6.34. The molecule has 0 fully saturated rings. The maximum absolute atomic E-state index is 12.8. The molecule has 9 heteroatoms. The lowest BCUT2D eigenvalue weighted by Crippen LogP contribution is -2.30. The zero-order valence-electron chi connectivity index (χ0n) is 19.6. The molecule has 1 aromatic heterocycles. The van der Waals surface area contributed by atoms with Gasteiger partial charge >= 0.3 is 5.97 Å². The first-order valence-electron chi connectivity index (χ1n) is 11.3. The van der Waals surface area contributed by atoms with E-state index in [0.29, 0.717) is 42.3 Å². The third-order valence-corrected chi connectivity index (χ3v) is 6.35. The molecule has 3 rings (SSSR count). The molecule has 0 aliphatic heterocycles. The van der Waals surface area contributed by atoms with Crippen molar-refractivity contribution in [2.45, 2.75) is 33.4 Å². The van der Waals surface area contributed by atoms with Gasteiger partial charge in [-0.05, 0) is 62.2 Å². The first-order chi connectivity index (χ1) is 16.7. The minimum atomic E-state index is -0.995. The van der Waals surface area contributed by atoms with Crippen LogP contribution < -0.4 is 10.9 Å². The highest BCUT2D eigenvalue weighted by atomic mass is 35.5. The second-order valence-corrected chi connectivity index (χ2v) is 8.72. The Morgan fingerprint density at radius 2 is 1.66 bits per heavy atom. The number of carbonyl (C=O) groups excluding carboxylic acids is 1. The van der Waals surface area contributed by atoms with Gasteiger partial charge in [-0.15, -0.1) is 0 Å². The summed E-state index contributed by atoms with van der Waals surface area (Å²) in [5.41, 5.74) is 2.56. The predicted molar refractivity (Wildman–Crippen MR) is 139 cm³/mol. The van der Waals surface area contributed by atoms with Crippen LogP contribution in [-0.4, -0.2) is 39.5 Å². The van der Waals surface area contributed by atoms with Crippen LogP contribution in [0.15, 0.2) is 59.4 Å². The van der Waals surface area contributed by atoms with Crippen molar-refractivity contribution in [3.05, 3.63) is 97.4 Å². The van der Waals surface area contributed by atoms with E-state index in [1.807, 2.05) is 19.9 Å². The van der Waals surface area contributed by atoms with Gasteiger partial charge in [-0.3, -0.25) is 9.59 Å². The minimum absolute atomic E-state index is 0.0202. The molecule has 0 aliphatic carbocycles. The number of aromatic nitrogens is 1. The van der Waals surface area contributed by atoms with Gasteiger partial charge in [-0.25, -0.2) is 4.79 Å². The Morgan fingerprint density at radius 3 is 2.29 bits per heavy atom. The van der Waals surface area contributed by atoms with Gasteiger partial charge in [0, 0.05) is 30.9 Å². The summed E-state index contributed by atoms with van der Waals surface area (Å²) >= 11 is 12.6. The topological polar surface area (TPSA) is 91.6 Å². The van der Waals surface area contributed by atoms with Crippen LogP contribution in [0.25, 0.3) is 0 Å². The Kier molecular flexibility index (Phi) is 8.95. The first-order valence-corrected chi connectivity index (χ1v) is 12.0. The van der Waals surface area contributed by atoms with Crippen LogP contribution in [0.2, 0.25) is 10.0 Å². The molecule has 7 nitrogen and oxygen atoms in total. The molecule has 0 saturated heterocycles. The number of rotatable bonds is 10. The molecule has 35 heavy (non-hydrogen) atoms. The van der Waals surface area contributed by atoms with Crippen LogP contribution in [0.1, 0.15) is 45.8 Å². The van der Waals surface area contributed by atoms with Crippen LogP contribution >= 0.6 is 23.2 Å². The lowest BCUT2D eigenvalue weighted by molar-refractivity contribution is 0.0695. The smallest absolute Gasteiger partial charge is 0.335 e. The van der Waals surface area contributed by atoms with Gasteiger partial charge in [0.1, 0.15) is 5.02 Å². The van der Waals surface area contributed by atoms with E-state index in [9.17, 15) is 14.4 Å². The number of pyridine rings is 1. The van der Waals surface area contributed by atoms with Crippen LogP contribution in [-0.2, 0) is 19.5 Å². The lowest BCUT2D eigenvalue weighted by Gasteiger charge is -2.19. The molecule has 0 atom stereocenters. The van der Waals surface area contributed by atoms with Crippen molar-refractivity contribution in [1.82, 2.24) is 9.47 Å². The fourth-order valence-corrected chi connectivity index (χ4v) is 4.29. The Bertz CT molecular complexity index is 1270. The summed E-state index contributed by atoms with van der Waals surface area (Å²) in [6.45, 7) is 5.67. The Labute approximate surface area is 213 Å². The van der Waals surface area contributed by atoms with Crippen molar-refractivity contribution in [1.29, 1.82) is 0 Å². The Hall–Kier alpha value is -3.29. The minimum Gasteiger partial charge on any atom is -0.478 e. The van der Waals surface area contributed by atoms with E-state index in [1.165, 1.54) is 22.8 Å². The molecule has 2 N–H and O–H groups in total. The third kappa shape index (κ3) is 6.44. The average Bonchev–Trinajstić information content (AvgIpc) is 2.85. The normalized spacial score (nSPS) is 10.7. The van der Waals surface area contributed by atoms with Gasteiger partial charge in [0.25, 0.3) is 11.5 Å². The number of carboxylic acid groups (broad SMARTS) is 1. The number of aromatic carboxylic acids is 1. The maximum atomic E-state index is 12.8. The van der Waals surface area contributed by atoms with Gasteiger partial charge in [0.15, 0.2) is 0 Å². The number of anilines is 1. The molecule has 0 radical (unpaired) electrons. The van der Waals surface area contributed by atoms with Crippen LogP contribution in [0.4, 0.5) is 5.69 Å². The first kappa shape index (κ1) is 26.3. The van der Waals surface area contributed by atoms with Crippen molar-refractivity contribution >= 4 is 40.8 Å². The summed E-state index contributed by atoms with van der Waals surface area (Å²) in [6, 6.07) is 15.1. The molecule has 0 aliphatic rings. The number of carbonyl (C=O) groups is 2. The number of nitrogens with one attached hydrogen (secondary N) is 1. The molecule has 3 aromatic rings. The molecule has 2 aromatic carbocycles. The van der Waals surface area contributed by atoms with E-state index >= 15 is 0 Å². The van der Waals surface area contributed by atoms with Crippen molar-refractivity contribution in [2.75, 3.05) is 18.4 Å². The van der Waals surface area contributed by atoms with Crippen molar-refractivity contribution in [3.8, 4) is 0 Å². The van der Waals surface area contributed by atoms with Gasteiger partial charge in [-0.2, -0.15) is 0 Å². The fourth-order valence-electron chi connectivity index (χ4n) is 3.75. The van der Waals surface area contributed by atoms with Gasteiger partial charge in [0.05, 0.1) is 22.8 Å². The summed E-state index contributed by atoms with van der Waals surface area (Å²) < 4.78 is 1.52. The van der Waals surface area contributed by atoms with Gasteiger partial charge < -0.3 is 19.9 Å². The lowest BCUT2D eigenvalue weighted by atomic mass is 10.1. The molecule has 1 heterocycles. The van der Waals surface area contributed by atoms with Gasteiger partial charge in [0.2, 0.25) is 0 Å². The highest BCUT2D eigenvalue weighted by Crippen LogP contribution is 2.21. The average molecular weight is 516 g/mol. The number of halogens is 2. The monoisotopic (exact) mass is 515 g/mol. The van der Waals surface area contributed by atoms with E-state index in [1.54, 1.807) is 35.2 Å². The predicted octanol–water partition coefficient (Wildman–Crippen LogP) is 5.19. The SMILES string of the molecule is CCN(CC)C(=O)c1cccc(NCc2c(Cl)cc(Cl)c(=O)n2CCc2ccc(C(=O)O)cc2)c1. The van der Waals surface area contributed by atoms with E-state index in [-0.39, 0.29) is 28.6 Å². The number of carboxylic acids is 1. The fraction of sp³-hybridized carbons (Fsp3) is 0.269. The summed E-state index contributed by atoms with van der Waals surface area (Å²) in [7, 11) is 0. The molecule has 0 bridgehead atoms. The summed E-state index contributed by atoms with van der Waals surface area (Å²) in [4.78, 5) is 38.3. The van der Waals surface area contributed by atoms with Crippen LogP contribution in [0.3, 0.4) is 0 Å². The second kappa shape index (κ2) is 11.9. The molecular formula is C26H27Cl2N3O4. The highest BCUT2D eigenvalue weighted by Gasteiger charge is 2.15. The molecule has 1 amide bonds. The van der Waals surface area contributed by atoms with Crippen molar-refractivity contribution in [2.24, 2.45) is 0 Å². The number of aryl methyl sites for hydroxylation is 1. The summed E-state index contributed by atoms with van der Waals surface area (Å²) in [6.07, 6.45) is 0.483. The Morgan fingerprint density at radius 1 is 0.971 bits per heavy atom. The quantitative estimate of drug-likeness (QED) is 0.387. The third-order valence-electron chi connectivity index (χ3n) is 5.75. The standard InChI is InChI=1S/C26H27Cl2N3O4/c1-3-30(4-2)24(32)19-6-5-7-20(14-19)29-16-23-21(27)15-22(28)25(33)31(23)13-12-17-8-10-18(11-9-17)26(34)35/h5-11,14-15,29H,3-4,12-13,16H2,1-2H3,(H,34,35). The van der Waals surface area contributed by atoms with E-state index < -0.39 is 5.97 Å². The maximum Gasteiger partial charge on any atom is 0.335 e. The number of hydrogen-bond donors (Lipinski definition) is 2. The number of benzene rings is 2. The van der Waals surface area contributed by atoms with Crippen LogP contribution in [0, 0.1) is 0 Å². The van der Waals surface area contributed by atoms with E-state index in [4.69, 9.17) is 28.3 Å². The molecule has 0 spiro atoms. The Balaban J connectivity index is 1.81. The molecule has 184 valence electrons. The largest absolute Gasteiger partial charge is 0.478 e. The van der Waals surface area contributed by atoms with Crippen molar-refractivity contribution < 1.29 is 14.7 Å². The number of nitrogens with zero attached hydrogens (tertiary/aromatic N) is 2. The number of hydrogen-bond acceptors (Lipinski definition) is 4. The van der Waals surface area contributed by atoms with E-state index in [0.717, 1.165) is 11.3 Å².